The van der Waals surface area contributed by atoms with E-state index in [0.717, 1.165) is 12.3 Å². The predicted molar refractivity (Wildman–Crippen MR) is 104 cm³/mol. The zero-order chi connectivity index (χ0) is 21.0. The summed E-state index contributed by atoms with van der Waals surface area (Å²) in [5.41, 5.74) is 5.76. The van der Waals surface area contributed by atoms with E-state index in [-0.39, 0.29) is 41.7 Å². The molecular weight excluding hydrogens is 382 g/mol. The third-order valence-corrected chi connectivity index (χ3v) is 3.55. The first-order valence-electron chi connectivity index (χ1n) is 8.35. The Morgan fingerprint density at radius 1 is 1.21 bits per heavy atom. The third-order valence-electron chi connectivity index (χ3n) is 3.55. The molecule has 0 aliphatic heterocycles. The van der Waals surface area contributed by atoms with Gasteiger partial charge >= 0.3 is 0 Å². The van der Waals surface area contributed by atoms with E-state index in [1.165, 1.54) is 44.4 Å². The summed E-state index contributed by atoms with van der Waals surface area (Å²) in [6.07, 6.45) is 3.65. The van der Waals surface area contributed by atoms with Gasteiger partial charge in [-0.3, -0.25) is 9.78 Å². The fourth-order valence-electron chi connectivity index (χ4n) is 2.30. The highest BCUT2D eigenvalue weighted by Gasteiger charge is 2.16. The van der Waals surface area contributed by atoms with Gasteiger partial charge in [0.25, 0.3) is 5.91 Å². The monoisotopic (exact) mass is 400 g/mol. The van der Waals surface area contributed by atoms with Gasteiger partial charge in [-0.1, -0.05) is 0 Å². The lowest BCUT2D eigenvalue weighted by Gasteiger charge is -2.10. The van der Waals surface area contributed by atoms with Crippen LogP contribution in [0.4, 0.5) is 20.4 Å². The summed E-state index contributed by atoms with van der Waals surface area (Å²) in [7, 11) is 0. The van der Waals surface area contributed by atoms with Crippen molar-refractivity contribution in [1.82, 2.24) is 15.0 Å². The highest BCUT2D eigenvalue weighted by molar-refractivity contribution is 6.07. The molecule has 29 heavy (non-hydrogen) atoms. The molecule has 0 radical (unpaired) electrons. The number of rotatable bonds is 5. The van der Waals surface area contributed by atoms with Crippen LogP contribution < -0.4 is 15.8 Å². The van der Waals surface area contributed by atoms with Gasteiger partial charge in [0.1, 0.15) is 29.0 Å². The molecule has 0 fully saturated rings. The summed E-state index contributed by atoms with van der Waals surface area (Å²) in [4.78, 5) is 28.5. The van der Waals surface area contributed by atoms with E-state index in [1.807, 2.05) is 0 Å². The Morgan fingerprint density at radius 3 is 2.66 bits per heavy atom. The standard InChI is InChI=1S/C19H16F2N6O2.H2/c1-10-16(21)3-4-17(25-10)27-19(28)15-6-14(9-24-18(15)26-11(2)22)29-13-5-12(20)7-23-8-13;/h3-9H,1-2H3,(H2,22,24,26)(H,25,27,28);1H. The van der Waals surface area contributed by atoms with Crippen LogP contribution in [0.5, 0.6) is 11.5 Å². The second kappa shape index (κ2) is 8.38. The molecule has 3 heterocycles. The number of halogens is 2. The summed E-state index contributed by atoms with van der Waals surface area (Å²) < 4.78 is 32.2. The Balaban J connectivity index is 0.00000320. The van der Waals surface area contributed by atoms with Gasteiger partial charge < -0.3 is 15.8 Å². The molecule has 3 N–H and O–H groups in total. The number of amidine groups is 1. The fraction of sp³-hybridized carbons (Fsp3) is 0.105. The van der Waals surface area contributed by atoms with Crippen molar-refractivity contribution in [2.24, 2.45) is 10.7 Å². The molecule has 0 aromatic carbocycles. The minimum atomic E-state index is -0.612. The van der Waals surface area contributed by atoms with Gasteiger partial charge in [-0.15, -0.1) is 0 Å². The van der Waals surface area contributed by atoms with E-state index in [9.17, 15) is 13.6 Å². The van der Waals surface area contributed by atoms with E-state index < -0.39 is 17.5 Å². The van der Waals surface area contributed by atoms with Crippen molar-refractivity contribution < 1.29 is 19.7 Å². The molecule has 0 spiro atoms. The van der Waals surface area contributed by atoms with Crippen LogP contribution >= 0.6 is 0 Å². The van der Waals surface area contributed by atoms with Crippen molar-refractivity contribution in [3.8, 4) is 11.5 Å². The normalized spacial score (nSPS) is 11.2. The number of amides is 1. The molecule has 10 heteroatoms. The second-order valence-corrected chi connectivity index (χ2v) is 5.95. The van der Waals surface area contributed by atoms with E-state index in [4.69, 9.17) is 10.5 Å². The summed E-state index contributed by atoms with van der Waals surface area (Å²) in [6.45, 7) is 3.01. The van der Waals surface area contributed by atoms with Crippen molar-refractivity contribution in [3.05, 3.63) is 65.7 Å². The largest absolute Gasteiger partial charge is 0.454 e. The molecule has 150 valence electrons. The number of nitrogens with one attached hydrogen (secondary N) is 1. The topological polar surface area (TPSA) is 115 Å². The van der Waals surface area contributed by atoms with Crippen LogP contribution in [-0.2, 0) is 0 Å². The van der Waals surface area contributed by atoms with Crippen LogP contribution in [0.15, 0.2) is 47.8 Å². The number of pyridine rings is 3. The van der Waals surface area contributed by atoms with Crippen molar-refractivity contribution >= 4 is 23.4 Å². The first-order chi connectivity index (χ1) is 13.8. The minimum Gasteiger partial charge on any atom is -0.454 e. The summed E-state index contributed by atoms with van der Waals surface area (Å²) in [6, 6.07) is 5.01. The third kappa shape index (κ3) is 5.06. The number of hydrogen-bond acceptors (Lipinski definition) is 6. The molecule has 0 aliphatic carbocycles. The molecule has 0 bridgehead atoms. The number of carbonyl (C=O) groups excluding carboxylic acids is 1. The number of carbonyl (C=O) groups is 1. The lowest BCUT2D eigenvalue weighted by molar-refractivity contribution is 0.102. The van der Waals surface area contributed by atoms with Crippen molar-refractivity contribution in [1.29, 1.82) is 0 Å². The zero-order valence-corrected chi connectivity index (χ0v) is 15.5. The average molecular weight is 400 g/mol. The SMILES string of the molecule is C/C(N)=N/c1ncc(Oc2cncc(F)c2)cc1C(=O)Nc1ccc(F)c(C)n1.[HH]. The number of anilines is 1. The van der Waals surface area contributed by atoms with Crippen LogP contribution in [0, 0.1) is 18.6 Å². The van der Waals surface area contributed by atoms with Gasteiger partial charge in [0.05, 0.1) is 35.7 Å². The Hall–Kier alpha value is -3.95. The first-order valence-corrected chi connectivity index (χ1v) is 8.35. The average Bonchev–Trinajstić information content (AvgIpc) is 2.65. The number of nitrogens with zero attached hydrogens (tertiary/aromatic N) is 4. The molecule has 0 aliphatic rings. The highest BCUT2D eigenvalue weighted by atomic mass is 19.1. The maximum absolute atomic E-state index is 13.4. The second-order valence-electron chi connectivity index (χ2n) is 5.95. The van der Waals surface area contributed by atoms with E-state index in [0.29, 0.717) is 0 Å². The zero-order valence-electron chi connectivity index (χ0n) is 15.5. The van der Waals surface area contributed by atoms with Crippen LogP contribution in [0.2, 0.25) is 0 Å². The van der Waals surface area contributed by atoms with Gasteiger partial charge in [0.2, 0.25) is 0 Å². The lowest BCUT2D eigenvalue weighted by atomic mass is 10.2. The quantitative estimate of drug-likeness (QED) is 0.498. The van der Waals surface area contributed by atoms with Gasteiger partial charge in [0, 0.05) is 7.49 Å². The molecular formula is C19H18F2N6O2. The number of aryl methyl sites for hydroxylation is 1. The number of ether oxygens (including phenoxy) is 1. The lowest BCUT2D eigenvalue weighted by Crippen LogP contribution is -2.15. The molecule has 1 amide bonds. The Kier molecular flexibility index (Phi) is 5.72. The number of nitrogens with two attached hydrogens (primary N) is 1. The maximum Gasteiger partial charge on any atom is 0.260 e. The summed E-state index contributed by atoms with van der Waals surface area (Å²) in [5, 5.41) is 2.55. The van der Waals surface area contributed by atoms with Gasteiger partial charge in [-0.2, -0.15) is 0 Å². The minimum absolute atomic E-state index is 0. The summed E-state index contributed by atoms with van der Waals surface area (Å²) in [5.74, 6) is -1.03. The number of aromatic nitrogens is 3. The Labute approximate surface area is 166 Å². The van der Waals surface area contributed by atoms with E-state index >= 15 is 0 Å². The Morgan fingerprint density at radius 2 is 1.97 bits per heavy atom. The van der Waals surface area contributed by atoms with E-state index in [2.05, 4.69) is 25.3 Å². The van der Waals surface area contributed by atoms with Gasteiger partial charge in [-0.25, -0.2) is 23.7 Å². The molecule has 3 aromatic rings. The van der Waals surface area contributed by atoms with Crippen LogP contribution in [0.3, 0.4) is 0 Å². The molecule has 3 rings (SSSR count). The smallest absolute Gasteiger partial charge is 0.260 e. The van der Waals surface area contributed by atoms with Crippen molar-refractivity contribution in [2.75, 3.05) is 5.32 Å². The highest BCUT2D eigenvalue weighted by Crippen LogP contribution is 2.26. The molecule has 0 atom stereocenters. The molecule has 0 saturated carbocycles. The van der Waals surface area contributed by atoms with Crippen molar-refractivity contribution in [2.45, 2.75) is 13.8 Å². The molecule has 8 nitrogen and oxygen atoms in total. The van der Waals surface area contributed by atoms with Gasteiger partial charge in [-0.05, 0) is 32.0 Å². The number of aliphatic imine (C=N–C) groups is 1. The van der Waals surface area contributed by atoms with Crippen LogP contribution in [0.1, 0.15) is 24.4 Å². The summed E-state index contributed by atoms with van der Waals surface area (Å²) >= 11 is 0. The Bertz CT molecular complexity index is 1110. The predicted octanol–water partition coefficient (Wildman–Crippen LogP) is 3.76. The van der Waals surface area contributed by atoms with Crippen LogP contribution in [-0.4, -0.2) is 26.7 Å². The van der Waals surface area contributed by atoms with Gasteiger partial charge in [0.15, 0.2) is 5.82 Å². The molecule has 0 unspecified atom stereocenters. The van der Waals surface area contributed by atoms with Crippen LogP contribution in [0.25, 0.3) is 0 Å². The molecule has 0 saturated heterocycles. The maximum atomic E-state index is 13.4. The van der Waals surface area contributed by atoms with E-state index in [1.54, 1.807) is 0 Å². The first kappa shape index (κ1) is 19.8. The molecule has 3 aromatic heterocycles. The van der Waals surface area contributed by atoms with Crippen molar-refractivity contribution in [3.63, 3.8) is 0 Å². The fourth-order valence-corrected chi connectivity index (χ4v) is 2.30. The number of hydrogen-bond donors (Lipinski definition) is 2.